The number of nitro groups is 1. The highest BCUT2D eigenvalue weighted by Gasteiger charge is 2.27. The van der Waals surface area contributed by atoms with E-state index in [1.54, 1.807) is 50.6 Å². The van der Waals surface area contributed by atoms with Gasteiger partial charge in [0.15, 0.2) is 0 Å². The van der Waals surface area contributed by atoms with Crippen LogP contribution in [0.1, 0.15) is 53.5 Å². The molecule has 1 aliphatic rings. The Kier molecular flexibility index (Phi) is 7.91. The van der Waals surface area contributed by atoms with Crippen molar-refractivity contribution in [3.05, 3.63) is 111 Å². The molecule has 0 amide bonds. The minimum atomic E-state index is -0.509. The molecule has 0 spiro atoms. The predicted molar refractivity (Wildman–Crippen MR) is 166 cm³/mol. The molecule has 9 heteroatoms. The Morgan fingerprint density at radius 3 is 2.49 bits per heavy atom. The van der Waals surface area contributed by atoms with Gasteiger partial charge in [0.2, 0.25) is 0 Å². The van der Waals surface area contributed by atoms with Gasteiger partial charge in [0.05, 0.1) is 34.9 Å². The summed E-state index contributed by atoms with van der Waals surface area (Å²) in [6.45, 7) is 10.0. The molecule has 0 saturated heterocycles. The predicted octanol–water partition coefficient (Wildman–Crippen LogP) is 7.69. The lowest BCUT2D eigenvalue weighted by Crippen LogP contribution is -2.32. The number of benzene rings is 3. The number of aryl methyl sites for hydroxylation is 2. The molecule has 3 aromatic carbocycles. The standard InChI is InChI=1S/C34H33N3O6/c1-20-9-10-23(37(39)40)16-30(20)42-19-28-26(13-14-29-32(28)21(2)18-34(4,5)36-29)27-12-11-24(17-31(27)41-6)43-33(38)25-8-7-15-35-22(25)3/h7-18,36H,19H2,1-6H3. The maximum atomic E-state index is 12.8. The van der Waals surface area contributed by atoms with Crippen LogP contribution in [0.3, 0.4) is 0 Å². The Labute approximate surface area is 250 Å². The number of pyridine rings is 1. The number of allylic oxidation sites excluding steroid dienone is 1. The highest BCUT2D eigenvalue weighted by atomic mass is 16.6. The van der Waals surface area contributed by atoms with Crippen molar-refractivity contribution < 1.29 is 23.9 Å². The van der Waals surface area contributed by atoms with Crippen molar-refractivity contribution in [3.8, 4) is 28.4 Å². The monoisotopic (exact) mass is 579 g/mol. The molecule has 1 aliphatic heterocycles. The summed E-state index contributed by atoms with van der Waals surface area (Å²) in [6, 6.07) is 17.2. The minimum Gasteiger partial charge on any atom is -0.496 e. The van der Waals surface area contributed by atoms with E-state index in [1.807, 2.05) is 25.1 Å². The summed E-state index contributed by atoms with van der Waals surface area (Å²) in [6.07, 6.45) is 3.79. The van der Waals surface area contributed by atoms with Gasteiger partial charge in [-0.2, -0.15) is 0 Å². The molecule has 1 aromatic heterocycles. The molecule has 5 rings (SSSR count). The number of aromatic nitrogens is 1. The normalized spacial score (nSPS) is 13.3. The number of ether oxygens (including phenoxy) is 3. The largest absolute Gasteiger partial charge is 0.496 e. The third-order valence-electron chi connectivity index (χ3n) is 7.40. The van der Waals surface area contributed by atoms with Crippen LogP contribution in [0.2, 0.25) is 0 Å². The molecule has 220 valence electrons. The summed E-state index contributed by atoms with van der Waals surface area (Å²) in [4.78, 5) is 28.0. The lowest BCUT2D eigenvalue weighted by Gasteiger charge is -2.33. The highest BCUT2D eigenvalue weighted by Crippen LogP contribution is 2.43. The molecular weight excluding hydrogens is 546 g/mol. The highest BCUT2D eigenvalue weighted by molar-refractivity contribution is 5.92. The molecule has 0 saturated carbocycles. The first kappa shape index (κ1) is 29.3. The molecule has 0 unspecified atom stereocenters. The van der Waals surface area contributed by atoms with Gasteiger partial charge < -0.3 is 19.5 Å². The zero-order valence-electron chi connectivity index (χ0n) is 25.0. The first-order chi connectivity index (χ1) is 20.5. The average Bonchev–Trinajstić information content (AvgIpc) is 2.96. The van der Waals surface area contributed by atoms with Crippen LogP contribution < -0.4 is 19.5 Å². The zero-order valence-corrected chi connectivity index (χ0v) is 25.0. The van der Waals surface area contributed by atoms with Gasteiger partial charge in [-0.05, 0) is 87.7 Å². The van der Waals surface area contributed by atoms with E-state index in [1.165, 1.54) is 12.1 Å². The van der Waals surface area contributed by atoms with Crippen molar-refractivity contribution in [3.63, 3.8) is 0 Å². The number of rotatable bonds is 8. The van der Waals surface area contributed by atoms with Gasteiger partial charge in [-0.1, -0.05) is 12.1 Å². The number of carbonyl (C=O) groups is 1. The van der Waals surface area contributed by atoms with E-state index < -0.39 is 10.9 Å². The first-order valence-electron chi connectivity index (χ1n) is 13.8. The number of fused-ring (bicyclic) bond motifs is 1. The van der Waals surface area contributed by atoms with E-state index in [9.17, 15) is 14.9 Å². The first-order valence-corrected chi connectivity index (χ1v) is 13.8. The summed E-state index contributed by atoms with van der Waals surface area (Å²) >= 11 is 0. The Morgan fingerprint density at radius 1 is 1.00 bits per heavy atom. The minimum absolute atomic E-state index is 0.0383. The second kappa shape index (κ2) is 11.6. The number of hydrogen-bond donors (Lipinski definition) is 1. The average molecular weight is 580 g/mol. The van der Waals surface area contributed by atoms with Crippen molar-refractivity contribution in [2.75, 3.05) is 12.4 Å². The number of non-ortho nitro benzene ring substituents is 1. The van der Waals surface area contributed by atoms with E-state index >= 15 is 0 Å². The van der Waals surface area contributed by atoms with Crippen LogP contribution in [0.4, 0.5) is 11.4 Å². The lowest BCUT2D eigenvalue weighted by atomic mass is 9.85. The molecule has 0 radical (unpaired) electrons. The van der Waals surface area contributed by atoms with E-state index in [0.29, 0.717) is 28.5 Å². The van der Waals surface area contributed by atoms with Crippen molar-refractivity contribution in [2.45, 2.75) is 46.8 Å². The SMILES string of the molecule is COc1cc(OC(=O)c2cccnc2C)ccc1-c1ccc2c(c1COc1cc([N+](=O)[O-])ccc1C)C(C)=CC(C)(C)N2. The quantitative estimate of drug-likeness (QED) is 0.0978. The molecule has 0 fully saturated rings. The fourth-order valence-corrected chi connectivity index (χ4v) is 5.43. The summed E-state index contributed by atoms with van der Waals surface area (Å²) in [5.41, 5.74) is 7.00. The molecule has 9 nitrogen and oxygen atoms in total. The van der Waals surface area contributed by atoms with Crippen molar-refractivity contribution in [1.82, 2.24) is 4.98 Å². The Bertz CT molecular complexity index is 1780. The number of anilines is 1. The second-order valence-electron chi connectivity index (χ2n) is 11.1. The summed E-state index contributed by atoms with van der Waals surface area (Å²) in [5.74, 6) is 0.761. The topological polar surface area (TPSA) is 113 Å². The number of esters is 1. The van der Waals surface area contributed by atoms with Crippen LogP contribution in [0.15, 0.2) is 72.9 Å². The summed E-state index contributed by atoms with van der Waals surface area (Å²) < 4.78 is 17.7. The number of nitro benzene ring substituents is 1. The van der Waals surface area contributed by atoms with Gasteiger partial charge in [-0.25, -0.2) is 4.79 Å². The second-order valence-corrected chi connectivity index (χ2v) is 11.1. The van der Waals surface area contributed by atoms with Crippen molar-refractivity contribution in [2.24, 2.45) is 0 Å². The molecule has 0 bridgehead atoms. The number of hydrogen-bond acceptors (Lipinski definition) is 8. The number of nitrogens with zero attached hydrogens (tertiary/aromatic N) is 2. The van der Waals surface area contributed by atoms with Crippen LogP contribution >= 0.6 is 0 Å². The molecule has 43 heavy (non-hydrogen) atoms. The maximum absolute atomic E-state index is 12.8. The van der Waals surface area contributed by atoms with Crippen LogP contribution in [0.25, 0.3) is 16.7 Å². The van der Waals surface area contributed by atoms with Gasteiger partial charge in [0.1, 0.15) is 23.9 Å². The van der Waals surface area contributed by atoms with Gasteiger partial charge in [0, 0.05) is 40.7 Å². The van der Waals surface area contributed by atoms with Crippen LogP contribution in [0, 0.1) is 24.0 Å². The summed E-state index contributed by atoms with van der Waals surface area (Å²) in [7, 11) is 1.56. The van der Waals surface area contributed by atoms with Crippen LogP contribution in [0.5, 0.6) is 17.2 Å². The molecule has 2 heterocycles. The zero-order chi connectivity index (χ0) is 30.9. The third-order valence-corrected chi connectivity index (χ3v) is 7.40. The van der Waals surface area contributed by atoms with Gasteiger partial charge in [0.25, 0.3) is 5.69 Å². The molecule has 0 aliphatic carbocycles. The fraction of sp³-hybridized carbons (Fsp3) is 0.235. The maximum Gasteiger partial charge on any atom is 0.345 e. The van der Waals surface area contributed by atoms with Crippen LogP contribution in [-0.4, -0.2) is 28.5 Å². The van der Waals surface area contributed by atoms with E-state index in [-0.39, 0.29) is 17.8 Å². The summed E-state index contributed by atoms with van der Waals surface area (Å²) in [5, 5.41) is 15.0. The molecule has 0 atom stereocenters. The lowest BCUT2D eigenvalue weighted by molar-refractivity contribution is -0.385. The van der Waals surface area contributed by atoms with E-state index in [4.69, 9.17) is 14.2 Å². The number of methoxy groups -OCH3 is 1. The number of carbonyl (C=O) groups excluding carboxylic acids is 1. The van der Waals surface area contributed by atoms with Gasteiger partial charge in [-0.3, -0.25) is 15.1 Å². The Morgan fingerprint density at radius 2 is 1.77 bits per heavy atom. The third kappa shape index (κ3) is 6.06. The number of nitrogens with one attached hydrogen (secondary N) is 1. The van der Waals surface area contributed by atoms with Crippen molar-refractivity contribution >= 4 is 22.9 Å². The van der Waals surface area contributed by atoms with E-state index in [2.05, 4.69) is 37.1 Å². The van der Waals surface area contributed by atoms with E-state index in [0.717, 1.165) is 39.1 Å². The van der Waals surface area contributed by atoms with Crippen molar-refractivity contribution in [1.29, 1.82) is 0 Å². The smallest absolute Gasteiger partial charge is 0.345 e. The fourth-order valence-electron chi connectivity index (χ4n) is 5.43. The molecule has 4 aromatic rings. The van der Waals surface area contributed by atoms with Gasteiger partial charge in [-0.15, -0.1) is 0 Å². The van der Waals surface area contributed by atoms with Gasteiger partial charge >= 0.3 is 5.97 Å². The van der Waals surface area contributed by atoms with Crippen LogP contribution in [-0.2, 0) is 6.61 Å². The Hall–Kier alpha value is -5.18. The molecule has 1 N–H and O–H groups in total. The Balaban J connectivity index is 1.57. The molecular formula is C34H33N3O6.